The van der Waals surface area contributed by atoms with Crippen LogP contribution in [-0.4, -0.2) is 51.8 Å². The van der Waals surface area contributed by atoms with Gasteiger partial charge < -0.3 is 19.7 Å². The number of nitrogens with zero attached hydrogens (tertiary/aromatic N) is 1. The van der Waals surface area contributed by atoms with Crippen molar-refractivity contribution in [1.82, 2.24) is 10.2 Å². The normalized spacial score (nSPS) is 17.5. The maximum atomic E-state index is 13.8. The Kier molecular flexibility index (Phi) is 5.82. The molecule has 21 heavy (non-hydrogen) atoms. The van der Waals surface area contributed by atoms with E-state index in [0.29, 0.717) is 11.3 Å². The van der Waals surface area contributed by atoms with Crippen molar-refractivity contribution in [3.05, 3.63) is 23.3 Å². The monoisotopic (exact) mass is 296 g/mol. The van der Waals surface area contributed by atoms with Crippen molar-refractivity contribution in [3.8, 4) is 11.5 Å². The molecule has 0 radical (unpaired) electrons. The molecule has 1 aliphatic rings. The Morgan fingerprint density at radius 2 is 1.86 bits per heavy atom. The number of hydrogen-bond donors (Lipinski definition) is 1. The first-order valence-corrected chi connectivity index (χ1v) is 7.47. The molecule has 1 heterocycles. The fourth-order valence-corrected chi connectivity index (χ4v) is 2.71. The van der Waals surface area contributed by atoms with E-state index < -0.39 is 6.17 Å². The molecule has 1 N–H and O–H groups in total. The third-order valence-corrected chi connectivity index (χ3v) is 3.97. The van der Waals surface area contributed by atoms with Crippen molar-refractivity contribution in [2.45, 2.75) is 19.5 Å². The second kappa shape index (κ2) is 7.61. The molecule has 1 saturated heterocycles. The largest absolute Gasteiger partial charge is 0.496 e. The maximum absolute atomic E-state index is 13.8. The van der Waals surface area contributed by atoms with Crippen LogP contribution in [0.15, 0.2) is 12.1 Å². The Labute approximate surface area is 126 Å². The lowest BCUT2D eigenvalue weighted by Gasteiger charge is -2.27. The molecule has 0 bridgehead atoms. The maximum Gasteiger partial charge on any atom is 0.128 e. The van der Waals surface area contributed by atoms with Crippen LogP contribution in [0.1, 0.15) is 24.2 Å². The van der Waals surface area contributed by atoms with Gasteiger partial charge in [-0.15, -0.1) is 0 Å². The molecule has 0 aliphatic carbocycles. The predicted molar refractivity (Wildman–Crippen MR) is 82.1 cm³/mol. The second-order valence-electron chi connectivity index (χ2n) is 5.36. The average molecular weight is 296 g/mol. The zero-order valence-corrected chi connectivity index (χ0v) is 13.1. The fourth-order valence-electron chi connectivity index (χ4n) is 2.71. The molecule has 118 valence electrons. The highest BCUT2D eigenvalue weighted by Crippen LogP contribution is 2.34. The molecule has 1 fully saturated rings. The lowest BCUT2D eigenvalue weighted by Crippen LogP contribution is -2.44. The number of piperazine rings is 1. The van der Waals surface area contributed by atoms with Gasteiger partial charge in [0, 0.05) is 44.4 Å². The summed E-state index contributed by atoms with van der Waals surface area (Å²) in [5, 5.41) is 3.34. The summed E-state index contributed by atoms with van der Waals surface area (Å²) in [4.78, 5) is 2.42. The van der Waals surface area contributed by atoms with E-state index in [1.807, 2.05) is 6.07 Å². The quantitative estimate of drug-likeness (QED) is 0.872. The minimum Gasteiger partial charge on any atom is -0.496 e. The molecule has 4 nitrogen and oxygen atoms in total. The lowest BCUT2D eigenvalue weighted by molar-refractivity contribution is 0.243. The van der Waals surface area contributed by atoms with Gasteiger partial charge in [-0.25, -0.2) is 4.39 Å². The van der Waals surface area contributed by atoms with Crippen LogP contribution < -0.4 is 14.8 Å². The summed E-state index contributed by atoms with van der Waals surface area (Å²) >= 11 is 0. The van der Waals surface area contributed by atoms with Crippen LogP contribution in [0, 0.1) is 0 Å². The Hall–Kier alpha value is -1.33. The van der Waals surface area contributed by atoms with Gasteiger partial charge in [0.2, 0.25) is 0 Å². The minimum atomic E-state index is -1.05. The summed E-state index contributed by atoms with van der Waals surface area (Å²) in [6, 6.07) is 3.67. The first-order valence-electron chi connectivity index (χ1n) is 7.47. The summed E-state index contributed by atoms with van der Waals surface area (Å²) in [5.41, 5.74) is 1.63. The van der Waals surface area contributed by atoms with E-state index in [1.165, 1.54) is 6.92 Å². The number of methoxy groups -OCH3 is 2. The van der Waals surface area contributed by atoms with E-state index in [0.717, 1.165) is 50.5 Å². The molecule has 2 rings (SSSR count). The standard InChI is InChI=1S/C16H25FN2O2/c1-12(17)14-10-13(15(20-2)11-16(14)21-3)4-7-19-8-5-18-6-9-19/h10-12,18H,4-9H2,1-3H3. The first-order chi connectivity index (χ1) is 10.2. The van der Waals surface area contributed by atoms with Crippen LogP contribution in [0.25, 0.3) is 0 Å². The van der Waals surface area contributed by atoms with Gasteiger partial charge in [-0.05, 0) is 25.0 Å². The van der Waals surface area contributed by atoms with Crippen LogP contribution in [-0.2, 0) is 6.42 Å². The highest BCUT2D eigenvalue weighted by molar-refractivity contribution is 5.47. The molecule has 0 saturated carbocycles. The van der Waals surface area contributed by atoms with Crippen LogP contribution in [0.3, 0.4) is 0 Å². The average Bonchev–Trinajstić information content (AvgIpc) is 2.52. The molecule has 1 unspecified atom stereocenters. The fraction of sp³-hybridized carbons (Fsp3) is 0.625. The highest BCUT2D eigenvalue weighted by atomic mass is 19.1. The Morgan fingerprint density at radius 1 is 1.19 bits per heavy atom. The van der Waals surface area contributed by atoms with Gasteiger partial charge in [-0.1, -0.05) is 0 Å². The van der Waals surface area contributed by atoms with Gasteiger partial charge in [0.05, 0.1) is 14.2 Å². The molecule has 1 aromatic rings. The number of hydrogen-bond acceptors (Lipinski definition) is 4. The number of ether oxygens (including phenoxy) is 2. The summed E-state index contributed by atoms with van der Waals surface area (Å²) in [7, 11) is 3.20. The van der Waals surface area contributed by atoms with Crippen LogP contribution in [0.2, 0.25) is 0 Å². The first kappa shape index (κ1) is 16.0. The van der Waals surface area contributed by atoms with Crippen molar-refractivity contribution in [2.24, 2.45) is 0 Å². The molecule has 0 amide bonds. The Balaban J connectivity index is 2.14. The van der Waals surface area contributed by atoms with Crippen molar-refractivity contribution in [2.75, 3.05) is 46.9 Å². The van der Waals surface area contributed by atoms with Crippen molar-refractivity contribution >= 4 is 0 Å². The van der Waals surface area contributed by atoms with Gasteiger partial charge in [0.15, 0.2) is 0 Å². The van der Waals surface area contributed by atoms with Crippen molar-refractivity contribution in [3.63, 3.8) is 0 Å². The van der Waals surface area contributed by atoms with Crippen LogP contribution >= 0.6 is 0 Å². The van der Waals surface area contributed by atoms with E-state index in [1.54, 1.807) is 20.3 Å². The number of alkyl halides is 1. The van der Waals surface area contributed by atoms with Gasteiger partial charge in [-0.3, -0.25) is 0 Å². The smallest absolute Gasteiger partial charge is 0.128 e. The molecular weight excluding hydrogens is 271 g/mol. The zero-order valence-electron chi connectivity index (χ0n) is 13.1. The third kappa shape index (κ3) is 4.08. The number of halogens is 1. The number of benzene rings is 1. The van der Waals surface area contributed by atoms with Crippen molar-refractivity contribution < 1.29 is 13.9 Å². The predicted octanol–water partition coefficient (Wildman–Crippen LogP) is 2.18. The summed E-state index contributed by atoms with van der Waals surface area (Å²) in [6.07, 6.45) is -0.198. The SMILES string of the molecule is COc1cc(OC)c(C(C)F)cc1CCN1CCNCC1. The van der Waals surface area contributed by atoms with Gasteiger partial charge in [0.25, 0.3) is 0 Å². The van der Waals surface area contributed by atoms with Gasteiger partial charge >= 0.3 is 0 Å². The highest BCUT2D eigenvalue weighted by Gasteiger charge is 2.17. The van der Waals surface area contributed by atoms with Gasteiger partial charge in [0.1, 0.15) is 17.7 Å². The van der Waals surface area contributed by atoms with E-state index in [9.17, 15) is 4.39 Å². The third-order valence-electron chi connectivity index (χ3n) is 3.97. The molecular formula is C16H25FN2O2. The molecule has 1 atom stereocenters. The summed E-state index contributed by atoms with van der Waals surface area (Å²) < 4.78 is 24.4. The number of nitrogens with one attached hydrogen (secondary N) is 1. The molecule has 0 spiro atoms. The molecule has 5 heteroatoms. The minimum absolute atomic E-state index is 0.549. The van der Waals surface area contributed by atoms with Crippen molar-refractivity contribution in [1.29, 1.82) is 0 Å². The van der Waals surface area contributed by atoms with E-state index >= 15 is 0 Å². The summed E-state index contributed by atoms with van der Waals surface area (Å²) in [6.45, 7) is 6.68. The molecule has 1 aromatic carbocycles. The zero-order chi connectivity index (χ0) is 15.2. The van der Waals surface area contributed by atoms with E-state index in [2.05, 4.69) is 10.2 Å². The van der Waals surface area contributed by atoms with Crippen LogP contribution in [0.5, 0.6) is 11.5 Å². The Bertz CT molecular complexity index is 460. The Morgan fingerprint density at radius 3 is 2.43 bits per heavy atom. The lowest BCUT2D eigenvalue weighted by atomic mass is 10.0. The van der Waals surface area contributed by atoms with Gasteiger partial charge in [-0.2, -0.15) is 0 Å². The summed E-state index contributed by atoms with van der Waals surface area (Å²) in [5.74, 6) is 1.32. The second-order valence-corrected chi connectivity index (χ2v) is 5.36. The van der Waals surface area contributed by atoms with Crippen LogP contribution in [0.4, 0.5) is 4.39 Å². The van der Waals surface area contributed by atoms with E-state index in [-0.39, 0.29) is 0 Å². The molecule has 0 aromatic heterocycles. The topological polar surface area (TPSA) is 33.7 Å². The molecule has 1 aliphatic heterocycles. The number of rotatable bonds is 6. The van der Waals surface area contributed by atoms with E-state index in [4.69, 9.17) is 9.47 Å².